The molecular formula is C13H16O7. The lowest BCUT2D eigenvalue weighted by Crippen LogP contribution is -2.11. The molecule has 7 heteroatoms. The highest BCUT2D eigenvalue weighted by molar-refractivity contribution is 6.01. The number of carbonyl (C=O) groups is 2. The summed E-state index contributed by atoms with van der Waals surface area (Å²) in [5.41, 5.74) is -0.587. The molecule has 0 aliphatic heterocycles. The molecule has 0 bridgehead atoms. The Hall–Kier alpha value is -2.12. The van der Waals surface area contributed by atoms with Gasteiger partial charge >= 0.3 is 11.9 Å². The fourth-order valence-electron chi connectivity index (χ4n) is 1.44. The van der Waals surface area contributed by atoms with Crippen LogP contribution in [0, 0.1) is 0 Å². The standard InChI is InChI=1S/C13H16O7/c1-18-4-5-19-6-7-20-9-2-3-10(12(14)15)11(8-9)13(16)17/h2-3,8H,4-7H2,1H3,(H,14,15)(H,16,17). The first-order valence-electron chi connectivity index (χ1n) is 5.86. The number of aromatic carboxylic acids is 2. The van der Waals surface area contributed by atoms with Crippen molar-refractivity contribution < 1.29 is 34.0 Å². The van der Waals surface area contributed by atoms with E-state index in [1.54, 1.807) is 7.11 Å². The molecule has 0 aromatic heterocycles. The van der Waals surface area contributed by atoms with E-state index in [2.05, 4.69) is 0 Å². The topological polar surface area (TPSA) is 102 Å². The predicted molar refractivity (Wildman–Crippen MR) is 68.6 cm³/mol. The third-order valence-corrected chi connectivity index (χ3v) is 2.38. The second kappa shape index (κ2) is 8.13. The lowest BCUT2D eigenvalue weighted by molar-refractivity contribution is 0.0543. The molecule has 2 N–H and O–H groups in total. The Labute approximate surface area is 115 Å². The molecular weight excluding hydrogens is 268 g/mol. The zero-order valence-electron chi connectivity index (χ0n) is 11.0. The van der Waals surface area contributed by atoms with Gasteiger partial charge < -0.3 is 24.4 Å². The molecule has 0 aliphatic carbocycles. The Kier molecular flexibility index (Phi) is 6.48. The van der Waals surface area contributed by atoms with Crippen LogP contribution in [0.1, 0.15) is 20.7 Å². The van der Waals surface area contributed by atoms with Crippen molar-refractivity contribution in [1.29, 1.82) is 0 Å². The number of hydrogen-bond acceptors (Lipinski definition) is 5. The Bertz CT molecular complexity index is 470. The molecule has 1 aromatic carbocycles. The number of carboxylic acid groups (broad SMARTS) is 2. The van der Waals surface area contributed by atoms with Crippen LogP contribution in [0.5, 0.6) is 5.75 Å². The van der Waals surface area contributed by atoms with Crippen molar-refractivity contribution in [3.05, 3.63) is 29.3 Å². The SMILES string of the molecule is COCCOCCOc1ccc(C(=O)O)c(C(=O)O)c1. The van der Waals surface area contributed by atoms with Crippen molar-refractivity contribution in [1.82, 2.24) is 0 Å². The Morgan fingerprint density at radius 1 is 1.00 bits per heavy atom. The normalized spacial score (nSPS) is 10.2. The molecule has 1 rings (SSSR count). The van der Waals surface area contributed by atoms with Crippen LogP contribution >= 0.6 is 0 Å². The molecule has 0 unspecified atom stereocenters. The Morgan fingerprint density at radius 3 is 2.25 bits per heavy atom. The Balaban J connectivity index is 2.57. The predicted octanol–water partition coefficient (Wildman–Crippen LogP) is 1.12. The van der Waals surface area contributed by atoms with E-state index in [1.165, 1.54) is 18.2 Å². The van der Waals surface area contributed by atoms with Crippen LogP contribution in [0.4, 0.5) is 0 Å². The van der Waals surface area contributed by atoms with Crippen molar-refractivity contribution >= 4 is 11.9 Å². The maximum absolute atomic E-state index is 11.0. The maximum atomic E-state index is 11.0. The van der Waals surface area contributed by atoms with Gasteiger partial charge in [-0.25, -0.2) is 9.59 Å². The second-order valence-corrected chi connectivity index (χ2v) is 3.77. The van der Waals surface area contributed by atoms with Crippen molar-refractivity contribution in [3.63, 3.8) is 0 Å². The van der Waals surface area contributed by atoms with Crippen molar-refractivity contribution in [2.45, 2.75) is 0 Å². The van der Waals surface area contributed by atoms with E-state index in [-0.39, 0.29) is 23.5 Å². The van der Waals surface area contributed by atoms with Gasteiger partial charge in [0, 0.05) is 7.11 Å². The molecule has 1 aromatic rings. The van der Waals surface area contributed by atoms with Gasteiger partial charge in [0.05, 0.1) is 30.9 Å². The zero-order chi connectivity index (χ0) is 15.0. The molecule has 110 valence electrons. The minimum absolute atomic E-state index is 0.231. The first-order valence-corrected chi connectivity index (χ1v) is 5.86. The first kappa shape index (κ1) is 15.9. The van der Waals surface area contributed by atoms with Crippen LogP contribution in [0.25, 0.3) is 0 Å². The highest BCUT2D eigenvalue weighted by atomic mass is 16.5. The van der Waals surface area contributed by atoms with Gasteiger partial charge in [0.15, 0.2) is 0 Å². The van der Waals surface area contributed by atoms with E-state index in [9.17, 15) is 9.59 Å². The lowest BCUT2D eigenvalue weighted by Gasteiger charge is -2.09. The van der Waals surface area contributed by atoms with Gasteiger partial charge in [0.2, 0.25) is 0 Å². The minimum Gasteiger partial charge on any atom is -0.491 e. The molecule has 0 saturated heterocycles. The van der Waals surface area contributed by atoms with Crippen molar-refractivity contribution in [2.75, 3.05) is 33.5 Å². The highest BCUT2D eigenvalue weighted by Gasteiger charge is 2.16. The van der Waals surface area contributed by atoms with Crippen molar-refractivity contribution in [2.24, 2.45) is 0 Å². The number of benzene rings is 1. The third-order valence-electron chi connectivity index (χ3n) is 2.38. The highest BCUT2D eigenvalue weighted by Crippen LogP contribution is 2.18. The number of rotatable bonds is 9. The van der Waals surface area contributed by atoms with E-state index >= 15 is 0 Å². The van der Waals surface area contributed by atoms with Gasteiger partial charge in [-0.05, 0) is 18.2 Å². The molecule has 0 saturated carbocycles. The van der Waals surface area contributed by atoms with Crippen LogP contribution in [0.15, 0.2) is 18.2 Å². The van der Waals surface area contributed by atoms with Gasteiger partial charge in [0.1, 0.15) is 12.4 Å². The summed E-state index contributed by atoms with van der Waals surface area (Å²) in [7, 11) is 1.57. The summed E-state index contributed by atoms with van der Waals surface area (Å²) in [6, 6.07) is 3.79. The minimum atomic E-state index is -1.32. The number of methoxy groups -OCH3 is 1. The monoisotopic (exact) mass is 284 g/mol. The largest absolute Gasteiger partial charge is 0.491 e. The van der Waals surface area contributed by atoms with Crippen LogP contribution < -0.4 is 4.74 Å². The summed E-state index contributed by atoms with van der Waals surface area (Å²) in [5, 5.41) is 17.8. The van der Waals surface area contributed by atoms with E-state index in [4.69, 9.17) is 24.4 Å². The van der Waals surface area contributed by atoms with Crippen LogP contribution in [0.3, 0.4) is 0 Å². The average Bonchev–Trinajstić information content (AvgIpc) is 2.42. The summed E-state index contributed by atoms with van der Waals surface area (Å²) < 4.78 is 15.3. The zero-order valence-corrected chi connectivity index (χ0v) is 11.0. The second-order valence-electron chi connectivity index (χ2n) is 3.77. The van der Waals surface area contributed by atoms with Crippen LogP contribution in [-0.2, 0) is 9.47 Å². The summed E-state index contributed by atoms with van der Waals surface area (Å²) in [4.78, 5) is 21.8. The Morgan fingerprint density at radius 2 is 1.65 bits per heavy atom. The van der Waals surface area contributed by atoms with E-state index in [0.29, 0.717) is 19.8 Å². The summed E-state index contributed by atoms with van der Waals surface area (Å²) in [6.07, 6.45) is 0. The summed E-state index contributed by atoms with van der Waals surface area (Å²) in [5.74, 6) is -2.33. The van der Waals surface area contributed by atoms with Gasteiger partial charge in [-0.1, -0.05) is 0 Å². The molecule has 0 atom stereocenters. The quantitative estimate of drug-likeness (QED) is 0.655. The molecule has 20 heavy (non-hydrogen) atoms. The number of ether oxygens (including phenoxy) is 3. The van der Waals surface area contributed by atoms with Gasteiger partial charge in [-0.15, -0.1) is 0 Å². The first-order chi connectivity index (χ1) is 9.56. The maximum Gasteiger partial charge on any atom is 0.336 e. The molecule has 0 radical (unpaired) electrons. The van der Waals surface area contributed by atoms with Gasteiger partial charge in [-0.3, -0.25) is 0 Å². The summed E-state index contributed by atoms with van der Waals surface area (Å²) in [6.45, 7) is 1.48. The van der Waals surface area contributed by atoms with E-state index in [0.717, 1.165) is 0 Å². The number of hydrogen-bond donors (Lipinski definition) is 2. The lowest BCUT2D eigenvalue weighted by atomic mass is 10.1. The van der Waals surface area contributed by atoms with Gasteiger partial charge in [-0.2, -0.15) is 0 Å². The molecule has 0 fully saturated rings. The third kappa shape index (κ3) is 4.87. The van der Waals surface area contributed by atoms with E-state index < -0.39 is 11.9 Å². The van der Waals surface area contributed by atoms with Gasteiger partial charge in [0.25, 0.3) is 0 Å². The van der Waals surface area contributed by atoms with E-state index in [1.807, 2.05) is 0 Å². The number of carboxylic acids is 2. The molecule has 7 nitrogen and oxygen atoms in total. The fourth-order valence-corrected chi connectivity index (χ4v) is 1.44. The van der Waals surface area contributed by atoms with Crippen molar-refractivity contribution in [3.8, 4) is 5.75 Å². The molecule has 0 aliphatic rings. The summed E-state index contributed by atoms with van der Waals surface area (Å²) >= 11 is 0. The smallest absolute Gasteiger partial charge is 0.336 e. The molecule has 0 amide bonds. The molecule has 0 spiro atoms. The fraction of sp³-hybridized carbons (Fsp3) is 0.385. The molecule has 0 heterocycles. The average molecular weight is 284 g/mol. The van der Waals surface area contributed by atoms with Crippen LogP contribution in [-0.4, -0.2) is 55.7 Å². The van der Waals surface area contributed by atoms with Crippen LogP contribution in [0.2, 0.25) is 0 Å².